The van der Waals surface area contributed by atoms with Gasteiger partial charge in [-0.1, -0.05) is 0 Å². The maximum atomic E-state index is 15.1. The fraction of sp³-hybridized carbons (Fsp3) is 0.500. The number of anilines is 1. The Bertz CT molecular complexity index is 1180. The fourth-order valence-corrected chi connectivity index (χ4v) is 5.42. The van der Waals surface area contributed by atoms with Gasteiger partial charge in [0.25, 0.3) is 5.91 Å². The Morgan fingerprint density at radius 2 is 1.94 bits per heavy atom. The van der Waals surface area contributed by atoms with Crippen molar-refractivity contribution in [1.29, 1.82) is 0 Å². The lowest BCUT2D eigenvalue weighted by Gasteiger charge is -2.36. The number of amides is 3. The summed E-state index contributed by atoms with van der Waals surface area (Å²) in [6.07, 6.45) is 2.57. The van der Waals surface area contributed by atoms with Crippen LogP contribution in [0.15, 0.2) is 18.3 Å². The molecule has 35 heavy (non-hydrogen) atoms. The number of carbonyl (C=O) groups excluding carboxylic acids is 3. The van der Waals surface area contributed by atoms with E-state index >= 15 is 4.39 Å². The van der Waals surface area contributed by atoms with Crippen molar-refractivity contribution >= 4 is 23.4 Å². The molecule has 2 fully saturated rings. The quantitative estimate of drug-likeness (QED) is 0.639. The van der Waals surface area contributed by atoms with Crippen LogP contribution in [0.4, 0.5) is 10.1 Å². The Morgan fingerprint density at radius 3 is 2.71 bits per heavy atom. The number of aromatic nitrogens is 2. The number of nitrogens with one attached hydrogen (secondary N) is 1. The first-order valence-electron chi connectivity index (χ1n) is 12.0. The van der Waals surface area contributed by atoms with Gasteiger partial charge in [-0.15, -0.1) is 0 Å². The second kappa shape index (κ2) is 8.72. The normalized spacial score (nSPS) is 22.9. The van der Waals surface area contributed by atoms with Crippen molar-refractivity contribution in [3.05, 3.63) is 46.8 Å². The molecule has 0 radical (unpaired) electrons. The highest BCUT2D eigenvalue weighted by Crippen LogP contribution is 2.33. The number of imidazole rings is 1. The van der Waals surface area contributed by atoms with Gasteiger partial charge in [-0.05, 0) is 24.1 Å². The van der Waals surface area contributed by atoms with Crippen LogP contribution in [0.3, 0.4) is 0 Å². The molecule has 1 unspecified atom stereocenters. The number of hydrogen-bond donors (Lipinski definition) is 1. The van der Waals surface area contributed by atoms with Crippen molar-refractivity contribution in [1.82, 2.24) is 24.7 Å². The molecule has 0 saturated carbocycles. The van der Waals surface area contributed by atoms with Crippen molar-refractivity contribution in [2.75, 3.05) is 37.7 Å². The van der Waals surface area contributed by atoms with Crippen LogP contribution in [0.25, 0.3) is 0 Å². The van der Waals surface area contributed by atoms with Crippen LogP contribution in [-0.4, -0.2) is 75.9 Å². The molecule has 5 heterocycles. The Balaban J connectivity index is 1.12. The second-order valence-electron chi connectivity index (χ2n) is 9.52. The lowest BCUT2D eigenvalue weighted by Crippen LogP contribution is -2.52. The molecular formula is C24H27FN6O4. The van der Waals surface area contributed by atoms with Crippen LogP contribution >= 0.6 is 0 Å². The molecule has 0 aliphatic carbocycles. The first-order chi connectivity index (χ1) is 17.0. The number of rotatable bonds is 4. The first kappa shape index (κ1) is 22.2. The Labute approximate surface area is 201 Å². The molecule has 4 aliphatic heterocycles. The number of nitrogens with zero attached hydrogens (tertiary/aromatic N) is 5. The zero-order valence-electron chi connectivity index (χ0n) is 19.3. The van der Waals surface area contributed by atoms with Gasteiger partial charge in [-0.2, -0.15) is 0 Å². The number of carbonyl (C=O) groups is 3. The number of hydrogen-bond acceptors (Lipinski definition) is 7. The topological polar surface area (TPSA) is 100 Å². The number of halogens is 1. The van der Waals surface area contributed by atoms with E-state index in [0.29, 0.717) is 43.1 Å². The predicted molar refractivity (Wildman–Crippen MR) is 122 cm³/mol. The van der Waals surface area contributed by atoms with Gasteiger partial charge in [0.15, 0.2) is 0 Å². The number of piperazine rings is 1. The molecule has 1 N–H and O–H groups in total. The Kier molecular flexibility index (Phi) is 5.53. The summed E-state index contributed by atoms with van der Waals surface area (Å²) < 4.78 is 22.7. The first-order valence-corrected chi connectivity index (χ1v) is 12.0. The van der Waals surface area contributed by atoms with Crippen molar-refractivity contribution in [2.45, 2.75) is 45.1 Å². The van der Waals surface area contributed by atoms with Gasteiger partial charge in [0.05, 0.1) is 18.0 Å². The lowest BCUT2D eigenvalue weighted by atomic mass is 10.0. The number of piperidine rings is 1. The van der Waals surface area contributed by atoms with Crippen LogP contribution in [-0.2, 0) is 40.6 Å². The van der Waals surface area contributed by atoms with Crippen molar-refractivity contribution < 1.29 is 23.5 Å². The van der Waals surface area contributed by atoms with Crippen LogP contribution in [0.5, 0.6) is 0 Å². The molecule has 4 aliphatic rings. The number of benzene rings is 1. The zero-order valence-corrected chi connectivity index (χ0v) is 19.3. The van der Waals surface area contributed by atoms with Gasteiger partial charge in [0.2, 0.25) is 11.8 Å². The van der Waals surface area contributed by atoms with E-state index in [4.69, 9.17) is 4.74 Å². The number of imide groups is 1. The molecule has 0 bridgehead atoms. The number of ether oxygens (including phenoxy) is 1. The Hall–Kier alpha value is -3.31. The smallest absolute Gasteiger partial charge is 0.255 e. The van der Waals surface area contributed by atoms with Crippen LogP contribution in [0.2, 0.25) is 0 Å². The van der Waals surface area contributed by atoms with E-state index in [0.717, 1.165) is 37.7 Å². The molecular weight excluding hydrogens is 455 g/mol. The van der Waals surface area contributed by atoms with E-state index in [-0.39, 0.29) is 31.2 Å². The average Bonchev–Trinajstić information content (AvgIpc) is 3.39. The van der Waals surface area contributed by atoms with Crippen LogP contribution in [0.1, 0.15) is 40.3 Å². The second-order valence-corrected chi connectivity index (χ2v) is 9.52. The predicted octanol–water partition coefficient (Wildman–Crippen LogP) is 0.636. The minimum Gasteiger partial charge on any atom is -0.372 e. The third-order valence-corrected chi connectivity index (χ3v) is 7.31. The highest BCUT2D eigenvalue weighted by molar-refractivity contribution is 6.05. The van der Waals surface area contributed by atoms with Crippen molar-refractivity contribution in [2.24, 2.45) is 0 Å². The summed E-state index contributed by atoms with van der Waals surface area (Å²) in [4.78, 5) is 47.1. The van der Waals surface area contributed by atoms with Crippen LogP contribution < -0.4 is 10.2 Å². The maximum absolute atomic E-state index is 15.1. The minimum absolute atomic E-state index is 0.190. The van der Waals surface area contributed by atoms with Gasteiger partial charge in [0, 0.05) is 64.0 Å². The zero-order chi connectivity index (χ0) is 24.1. The molecule has 2 saturated heterocycles. The monoisotopic (exact) mass is 482 g/mol. The van der Waals surface area contributed by atoms with E-state index in [1.54, 1.807) is 6.07 Å². The van der Waals surface area contributed by atoms with Crippen molar-refractivity contribution in [3.8, 4) is 0 Å². The molecule has 0 spiro atoms. The van der Waals surface area contributed by atoms with Gasteiger partial charge >= 0.3 is 0 Å². The summed E-state index contributed by atoms with van der Waals surface area (Å²) in [5.74, 6) is -0.629. The summed E-state index contributed by atoms with van der Waals surface area (Å²) in [5.41, 5.74) is 2.51. The van der Waals surface area contributed by atoms with Crippen molar-refractivity contribution in [3.63, 3.8) is 0 Å². The third-order valence-electron chi connectivity index (χ3n) is 7.31. The summed E-state index contributed by atoms with van der Waals surface area (Å²) >= 11 is 0. The molecule has 184 valence electrons. The van der Waals surface area contributed by atoms with Crippen LogP contribution in [0, 0.1) is 5.82 Å². The SMILES string of the molecule is O=C1CCC(N2Cc3cc(N4CCN(Cc5cn6c(n5)COCC6)CC4)c(F)cc3C2=O)C(=O)N1. The standard InChI is InChI=1S/C24H27FN6O4/c25-18-10-17-15(11-31(24(17)34)19-1-2-22(32)27-23(19)33)9-20(18)29-5-3-28(4-6-29)12-16-13-30-7-8-35-14-21(30)26-16/h9-10,13,19H,1-8,11-12,14H2,(H,27,32,33). The molecule has 3 amide bonds. The van der Waals surface area contributed by atoms with Gasteiger partial charge in [-0.25, -0.2) is 9.37 Å². The number of fused-ring (bicyclic) bond motifs is 2. The molecule has 2 aromatic rings. The van der Waals surface area contributed by atoms with E-state index in [1.165, 1.54) is 11.0 Å². The van der Waals surface area contributed by atoms with Gasteiger partial charge in [-0.3, -0.25) is 24.6 Å². The summed E-state index contributed by atoms with van der Waals surface area (Å²) in [7, 11) is 0. The highest BCUT2D eigenvalue weighted by atomic mass is 19.1. The molecule has 1 aromatic carbocycles. The summed E-state index contributed by atoms with van der Waals surface area (Å²) in [6.45, 7) is 5.95. The molecule has 11 heteroatoms. The molecule has 6 rings (SSSR count). The maximum Gasteiger partial charge on any atom is 0.255 e. The van der Waals surface area contributed by atoms with E-state index < -0.39 is 17.8 Å². The van der Waals surface area contributed by atoms with E-state index in [2.05, 4.69) is 26.0 Å². The van der Waals surface area contributed by atoms with E-state index in [9.17, 15) is 14.4 Å². The highest BCUT2D eigenvalue weighted by Gasteiger charge is 2.40. The molecule has 1 aromatic heterocycles. The average molecular weight is 483 g/mol. The van der Waals surface area contributed by atoms with Gasteiger partial charge in [0.1, 0.15) is 24.3 Å². The fourth-order valence-electron chi connectivity index (χ4n) is 5.42. The Morgan fingerprint density at radius 1 is 1.11 bits per heavy atom. The largest absolute Gasteiger partial charge is 0.372 e. The minimum atomic E-state index is -0.706. The summed E-state index contributed by atoms with van der Waals surface area (Å²) in [5, 5.41) is 2.29. The third kappa shape index (κ3) is 4.08. The lowest BCUT2D eigenvalue weighted by molar-refractivity contribution is -0.136. The molecule has 10 nitrogen and oxygen atoms in total. The summed E-state index contributed by atoms with van der Waals surface area (Å²) in [6, 6.07) is 2.33. The van der Waals surface area contributed by atoms with Gasteiger partial charge < -0.3 is 19.1 Å². The molecule has 1 atom stereocenters. The van der Waals surface area contributed by atoms with E-state index in [1.807, 2.05) is 4.90 Å².